The summed E-state index contributed by atoms with van der Waals surface area (Å²) in [6.45, 7) is 0. The van der Waals surface area contributed by atoms with Crippen molar-refractivity contribution in [2.75, 3.05) is 0 Å². The molecule has 2 aromatic rings. The van der Waals surface area contributed by atoms with Gasteiger partial charge in [-0.1, -0.05) is 17.7 Å². The van der Waals surface area contributed by atoms with Crippen LogP contribution in [0.4, 0.5) is 0 Å². The highest BCUT2D eigenvalue weighted by Crippen LogP contribution is 2.28. The Labute approximate surface area is 96.8 Å². The van der Waals surface area contributed by atoms with E-state index in [2.05, 4.69) is 9.97 Å². The number of halogens is 1. The summed E-state index contributed by atoms with van der Waals surface area (Å²) >= 11 is 5.91. The van der Waals surface area contributed by atoms with Crippen molar-refractivity contribution in [3.05, 3.63) is 41.3 Å². The Kier molecular flexibility index (Phi) is 2.71. The number of nitrogens with zero attached hydrogens (tertiary/aromatic N) is 3. The van der Waals surface area contributed by atoms with Gasteiger partial charge in [-0.3, -0.25) is 0 Å². The molecule has 1 aromatic heterocycles. The third-order valence-corrected chi connectivity index (χ3v) is 2.34. The van der Waals surface area contributed by atoms with E-state index in [0.717, 1.165) is 0 Å². The normalized spacial score (nSPS) is 9.75. The Morgan fingerprint density at radius 3 is 2.81 bits per heavy atom. The van der Waals surface area contributed by atoms with Crippen LogP contribution in [-0.2, 0) is 0 Å². The molecule has 0 aliphatic carbocycles. The number of aromatic hydroxyl groups is 1. The molecule has 0 saturated carbocycles. The lowest BCUT2D eigenvalue weighted by Crippen LogP contribution is -1.87. The maximum absolute atomic E-state index is 9.53. The van der Waals surface area contributed by atoms with Crippen LogP contribution in [0, 0.1) is 11.3 Å². The summed E-state index contributed by atoms with van der Waals surface area (Å²) in [5.41, 5.74) is 1.38. The van der Waals surface area contributed by atoms with Crippen LogP contribution in [0.1, 0.15) is 5.56 Å². The van der Waals surface area contributed by atoms with Crippen molar-refractivity contribution in [2.45, 2.75) is 0 Å². The molecule has 0 bridgehead atoms. The lowest BCUT2D eigenvalue weighted by molar-refractivity contribution is 0.474. The Balaban J connectivity index is 2.55. The maximum Gasteiger partial charge on any atom is 0.134 e. The molecule has 2 rings (SSSR count). The minimum atomic E-state index is -0.0883. The average molecular weight is 232 g/mol. The highest BCUT2D eigenvalue weighted by Gasteiger charge is 2.07. The van der Waals surface area contributed by atoms with Gasteiger partial charge in [0.1, 0.15) is 18.1 Å². The molecule has 0 aliphatic rings. The summed E-state index contributed by atoms with van der Waals surface area (Å²) in [4.78, 5) is 7.78. The SMILES string of the molecule is N#Cc1ccc(-c2ncncc2Cl)cc1O. The third kappa shape index (κ3) is 1.81. The van der Waals surface area contributed by atoms with Gasteiger partial charge in [-0.15, -0.1) is 0 Å². The number of aromatic nitrogens is 2. The highest BCUT2D eigenvalue weighted by molar-refractivity contribution is 6.32. The van der Waals surface area contributed by atoms with Crippen LogP contribution in [0.2, 0.25) is 5.02 Å². The van der Waals surface area contributed by atoms with Crippen molar-refractivity contribution in [2.24, 2.45) is 0 Å². The van der Waals surface area contributed by atoms with E-state index in [9.17, 15) is 5.11 Å². The van der Waals surface area contributed by atoms with E-state index in [-0.39, 0.29) is 11.3 Å². The van der Waals surface area contributed by atoms with Gasteiger partial charge in [0.05, 0.1) is 16.3 Å². The lowest BCUT2D eigenvalue weighted by Gasteiger charge is -2.03. The smallest absolute Gasteiger partial charge is 0.134 e. The summed E-state index contributed by atoms with van der Waals surface area (Å²) < 4.78 is 0. The number of phenols is 1. The quantitative estimate of drug-likeness (QED) is 0.818. The molecule has 0 radical (unpaired) electrons. The Hall–Kier alpha value is -2.12. The van der Waals surface area contributed by atoms with Crippen molar-refractivity contribution < 1.29 is 5.11 Å². The number of nitriles is 1. The zero-order chi connectivity index (χ0) is 11.5. The molecular formula is C11H6ClN3O. The minimum absolute atomic E-state index is 0.0883. The molecule has 0 amide bonds. The molecule has 5 heteroatoms. The van der Waals surface area contributed by atoms with E-state index in [4.69, 9.17) is 16.9 Å². The van der Waals surface area contributed by atoms with E-state index in [1.165, 1.54) is 24.7 Å². The fraction of sp³-hybridized carbons (Fsp3) is 0. The Bertz CT molecular complexity index is 578. The van der Waals surface area contributed by atoms with Gasteiger partial charge in [0.25, 0.3) is 0 Å². The van der Waals surface area contributed by atoms with E-state index >= 15 is 0 Å². The van der Waals surface area contributed by atoms with Gasteiger partial charge in [0, 0.05) is 11.8 Å². The predicted molar refractivity (Wildman–Crippen MR) is 58.9 cm³/mol. The standard InChI is InChI=1S/C11H6ClN3O/c12-9-5-14-6-15-11(9)7-1-2-8(4-13)10(16)3-7/h1-3,5-6,16H. The van der Waals surface area contributed by atoms with Gasteiger partial charge in [-0.25, -0.2) is 9.97 Å². The Morgan fingerprint density at radius 1 is 1.38 bits per heavy atom. The van der Waals surface area contributed by atoms with E-state index in [1.807, 2.05) is 6.07 Å². The highest BCUT2D eigenvalue weighted by atomic mass is 35.5. The second-order valence-electron chi connectivity index (χ2n) is 3.06. The van der Waals surface area contributed by atoms with Crippen molar-refractivity contribution in [3.63, 3.8) is 0 Å². The number of benzene rings is 1. The van der Waals surface area contributed by atoms with Crippen LogP contribution < -0.4 is 0 Å². The molecule has 16 heavy (non-hydrogen) atoms. The minimum Gasteiger partial charge on any atom is -0.507 e. The first kappa shape index (κ1) is 10.4. The van der Waals surface area contributed by atoms with Gasteiger partial charge in [0.15, 0.2) is 0 Å². The van der Waals surface area contributed by atoms with Gasteiger partial charge >= 0.3 is 0 Å². The second kappa shape index (κ2) is 4.17. The van der Waals surface area contributed by atoms with Crippen molar-refractivity contribution >= 4 is 11.6 Å². The summed E-state index contributed by atoms with van der Waals surface area (Å²) in [6, 6.07) is 6.51. The third-order valence-electron chi connectivity index (χ3n) is 2.06. The fourth-order valence-electron chi connectivity index (χ4n) is 1.30. The summed E-state index contributed by atoms with van der Waals surface area (Å²) in [5, 5.41) is 18.6. The van der Waals surface area contributed by atoms with Crippen molar-refractivity contribution in [3.8, 4) is 23.1 Å². The van der Waals surface area contributed by atoms with Crippen LogP contribution in [-0.4, -0.2) is 15.1 Å². The lowest BCUT2D eigenvalue weighted by atomic mass is 10.1. The molecule has 1 heterocycles. The number of phenolic OH excluding ortho intramolecular Hbond substituents is 1. The number of hydrogen-bond acceptors (Lipinski definition) is 4. The van der Waals surface area contributed by atoms with Crippen LogP contribution in [0.15, 0.2) is 30.7 Å². The molecule has 0 fully saturated rings. The molecule has 78 valence electrons. The maximum atomic E-state index is 9.53. The van der Waals surface area contributed by atoms with E-state index < -0.39 is 0 Å². The van der Waals surface area contributed by atoms with Gasteiger partial charge < -0.3 is 5.11 Å². The molecule has 0 aliphatic heterocycles. The average Bonchev–Trinajstić information content (AvgIpc) is 2.29. The molecule has 1 N–H and O–H groups in total. The van der Waals surface area contributed by atoms with Crippen molar-refractivity contribution in [1.82, 2.24) is 9.97 Å². The van der Waals surface area contributed by atoms with Crippen LogP contribution in [0.3, 0.4) is 0 Å². The molecule has 1 aromatic carbocycles. The topological polar surface area (TPSA) is 69.8 Å². The van der Waals surface area contributed by atoms with Crippen molar-refractivity contribution in [1.29, 1.82) is 5.26 Å². The molecule has 4 nitrogen and oxygen atoms in total. The summed E-state index contributed by atoms with van der Waals surface area (Å²) in [7, 11) is 0. The van der Waals surface area contributed by atoms with Gasteiger partial charge in [-0.2, -0.15) is 5.26 Å². The van der Waals surface area contributed by atoms with E-state index in [1.54, 1.807) is 6.07 Å². The van der Waals surface area contributed by atoms with Crippen LogP contribution in [0.25, 0.3) is 11.3 Å². The molecule has 0 atom stereocenters. The zero-order valence-corrected chi connectivity index (χ0v) is 8.81. The monoisotopic (exact) mass is 231 g/mol. The molecule has 0 spiro atoms. The number of hydrogen-bond donors (Lipinski definition) is 1. The first-order chi connectivity index (χ1) is 7.72. The largest absolute Gasteiger partial charge is 0.507 e. The van der Waals surface area contributed by atoms with Crippen LogP contribution >= 0.6 is 11.6 Å². The second-order valence-corrected chi connectivity index (χ2v) is 3.47. The van der Waals surface area contributed by atoms with E-state index in [0.29, 0.717) is 16.3 Å². The molecule has 0 unspecified atom stereocenters. The molecular weight excluding hydrogens is 226 g/mol. The number of rotatable bonds is 1. The predicted octanol–water partition coefficient (Wildman–Crippen LogP) is 2.37. The fourth-order valence-corrected chi connectivity index (χ4v) is 1.51. The van der Waals surface area contributed by atoms with Crippen LogP contribution in [0.5, 0.6) is 5.75 Å². The summed E-state index contributed by atoms with van der Waals surface area (Å²) in [5.74, 6) is -0.0883. The van der Waals surface area contributed by atoms with Gasteiger partial charge in [0.2, 0.25) is 0 Å². The Morgan fingerprint density at radius 2 is 2.19 bits per heavy atom. The first-order valence-electron chi connectivity index (χ1n) is 4.41. The summed E-state index contributed by atoms with van der Waals surface area (Å²) in [6.07, 6.45) is 2.84. The van der Waals surface area contributed by atoms with Gasteiger partial charge in [-0.05, 0) is 12.1 Å². The first-order valence-corrected chi connectivity index (χ1v) is 4.79. The molecule has 0 saturated heterocycles. The zero-order valence-electron chi connectivity index (χ0n) is 8.05.